The van der Waals surface area contributed by atoms with Gasteiger partial charge in [-0.25, -0.2) is 19.5 Å². The van der Waals surface area contributed by atoms with E-state index in [0.29, 0.717) is 5.92 Å². The summed E-state index contributed by atoms with van der Waals surface area (Å²) in [5, 5.41) is 5.46. The molecule has 4 heterocycles. The molecule has 0 spiro atoms. The average molecular weight is 323 g/mol. The maximum Gasteiger partial charge on any atom is 0.176 e. The third-order valence-corrected chi connectivity index (χ3v) is 5.85. The number of pyridine rings is 1. The predicted octanol–water partition coefficient (Wildman–Crippen LogP) is 3.89. The van der Waals surface area contributed by atoms with Gasteiger partial charge in [0, 0.05) is 11.1 Å². The SMILES string of the molecule is CC(C)c1nc2sc3c(ncn4ncnc34)c2c2c1CCCC2. The van der Waals surface area contributed by atoms with Crippen molar-refractivity contribution < 1.29 is 0 Å². The van der Waals surface area contributed by atoms with Crippen LogP contribution in [0.2, 0.25) is 0 Å². The van der Waals surface area contributed by atoms with Crippen LogP contribution in [0.15, 0.2) is 12.7 Å². The lowest BCUT2D eigenvalue weighted by atomic mass is 9.86. The molecule has 0 N–H and O–H groups in total. The van der Waals surface area contributed by atoms with Gasteiger partial charge in [-0.05, 0) is 42.7 Å². The number of thiophene rings is 1. The number of hydrogen-bond donors (Lipinski definition) is 0. The fourth-order valence-electron chi connectivity index (χ4n) is 3.76. The number of aryl methyl sites for hydroxylation is 1. The molecule has 0 amide bonds. The van der Waals surface area contributed by atoms with Gasteiger partial charge in [-0.1, -0.05) is 13.8 Å². The molecule has 6 heteroatoms. The number of fused-ring (bicyclic) bond motifs is 7. The van der Waals surface area contributed by atoms with E-state index in [4.69, 9.17) is 4.98 Å². The molecule has 5 nitrogen and oxygen atoms in total. The highest BCUT2D eigenvalue weighted by Crippen LogP contribution is 2.40. The summed E-state index contributed by atoms with van der Waals surface area (Å²) in [7, 11) is 0. The molecule has 1 aliphatic carbocycles. The smallest absolute Gasteiger partial charge is 0.176 e. The molecule has 0 fully saturated rings. The molecule has 4 aromatic rings. The summed E-state index contributed by atoms with van der Waals surface area (Å²) in [6.07, 6.45) is 8.17. The van der Waals surface area contributed by atoms with Crippen LogP contribution >= 0.6 is 11.3 Å². The summed E-state index contributed by atoms with van der Waals surface area (Å²) in [4.78, 5) is 15.2. The standard InChI is InChI=1S/C17H17N5S/c1-9(2)13-11-6-4-3-5-10(11)12-14-15(23-17(12)21-13)16-18-7-20-22(16)8-19-14/h7-9H,3-6H2,1-2H3. The van der Waals surface area contributed by atoms with Gasteiger partial charge in [0.05, 0.1) is 5.52 Å². The van der Waals surface area contributed by atoms with Crippen molar-refractivity contribution in [1.29, 1.82) is 0 Å². The third kappa shape index (κ3) is 1.78. The zero-order chi connectivity index (χ0) is 15.6. The molecule has 0 saturated heterocycles. The molecular formula is C17H17N5S. The quantitative estimate of drug-likeness (QED) is 0.533. The first-order chi connectivity index (χ1) is 11.2. The lowest BCUT2D eigenvalue weighted by Gasteiger charge is -2.21. The number of hydrogen-bond acceptors (Lipinski definition) is 5. The van der Waals surface area contributed by atoms with Crippen molar-refractivity contribution in [2.75, 3.05) is 0 Å². The molecule has 0 bridgehead atoms. The number of rotatable bonds is 1. The summed E-state index contributed by atoms with van der Waals surface area (Å²) >= 11 is 1.70. The minimum absolute atomic E-state index is 0.456. The largest absolute Gasteiger partial charge is 0.241 e. The molecule has 116 valence electrons. The summed E-state index contributed by atoms with van der Waals surface area (Å²) in [5.74, 6) is 0.456. The highest BCUT2D eigenvalue weighted by Gasteiger charge is 2.24. The number of nitrogens with zero attached hydrogens (tertiary/aromatic N) is 5. The molecule has 0 atom stereocenters. The van der Waals surface area contributed by atoms with Crippen molar-refractivity contribution in [2.24, 2.45) is 0 Å². The van der Waals surface area contributed by atoms with E-state index in [1.54, 1.807) is 28.5 Å². The Balaban J connectivity index is 1.98. The van der Waals surface area contributed by atoms with Crippen LogP contribution in [0.1, 0.15) is 49.4 Å². The van der Waals surface area contributed by atoms with Gasteiger partial charge in [-0.3, -0.25) is 0 Å². The highest BCUT2D eigenvalue weighted by atomic mass is 32.1. The molecule has 1 aliphatic rings. The minimum atomic E-state index is 0.456. The van der Waals surface area contributed by atoms with Crippen LogP contribution in [0.4, 0.5) is 0 Å². The summed E-state index contributed by atoms with van der Waals surface area (Å²) in [6, 6.07) is 0. The van der Waals surface area contributed by atoms with Gasteiger partial charge in [0.25, 0.3) is 0 Å². The first-order valence-corrected chi connectivity index (χ1v) is 8.98. The van der Waals surface area contributed by atoms with E-state index in [1.165, 1.54) is 35.0 Å². The first-order valence-electron chi connectivity index (χ1n) is 8.16. The Morgan fingerprint density at radius 3 is 2.78 bits per heavy atom. The molecule has 0 saturated carbocycles. The normalized spacial score (nSPS) is 15.1. The summed E-state index contributed by atoms with van der Waals surface area (Å²) in [5.41, 5.74) is 6.16. The molecule has 0 aliphatic heterocycles. The summed E-state index contributed by atoms with van der Waals surface area (Å²) in [6.45, 7) is 4.48. The minimum Gasteiger partial charge on any atom is -0.241 e. The van der Waals surface area contributed by atoms with Gasteiger partial charge in [-0.2, -0.15) is 5.10 Å². The van der Waals surface area contributed by atoms with E-state index in [-0.39, 0.29) is 0 Å². The van der Waals surface area contributed by atoms with E-state index in [1.807, 2.05) is 0 Å². The Labute approximate surface area is 137 Å². The second-order valence-electron chi connectivity index (χ2n) is 6.55. The van der Waals surface area contributed by atoms with E-state index in [2.05, 4.69) is 28.9 Å². The highest BCUT2D eigenvalue weighted by molar-refractivity contribution is 7.26. The Kier molecular flexibility index (Phi) is 2.74. The molecule has 23 heavy (non-hydrogen) atoms. The van der Waals surface area contributed by atoms with Crippen molar-refractivity contribution in [2.45, 2.75) is 45.4 Å². The fraction of sp³-hybridized carbons (Fsp3) is 0.412. The summed E-state index contributed by atoms with van der Waals surface area (Å²) < 4.78 is 2.84. The molecule has 4 aromatic heterocycles. The van der Waals surface area contributed by atoms with Crippen LogP contribution in [-0.2, 0) is 12.8 Å². The van der Waals surface area contributed by atoms with Crippen LogP contribution in [0, 0.1) is 0 Å². The van der Waals surface area contributed by atoms with Gasteiger partial charge in [-0.15, -0.1) is 11.3 Å². The van der Waals surface area contributed by atoms with Crippen LogP contribution in [0.5, 0.6) is 0 Å². The zero-order valence-electron chi connectivity index (χ0n) is 13.2. The second-order valence-corrected chi connectivity index (χ2v) is 7.55. The van der Waals surface area contributed by atoms with Crippen molar-refractivity contribution >= 4 is 37.4 Å². The van der Waals surface area contributed by atoms with Crippen molar-refractivity contribution in [3.63, 3.8) is 0 Å². The fourth-order valence-corrected chi connectivity index (χ4v) is 4.91. The van der Waals surface area contributed by atoms with Crippen LogP contribution in [0.3, 0.4) is 0 Å². The van der Waals surface area contributed by atoms with Gasteiger partial charge >= 0.3 is 0 Å². The van der Waals surface area contributed by atoms with E-state index >= 15 is 0 Å². The maximum atomic E-state index is 5.04. The Hall–Kier alpha value is -2.08. The topological polar surface area (TPSA) is 56.0 Å². The van der Waals surface area contributed by atoms with Crippen molar-refractivity contribution in [3.8, 4) is 0 Å². The Morgan fingerprint density at radius 2 is 1.96 bits per heavy atom. The first kappa shape index (κ1) is 13.4. The van der Waals surface area contributed by atoms with E-state index < -0.39 is 0 Å². The lowest BCUT2D eigenvalue weighted by Crippen LogP contribution is -2.10. The number of aromatic nitrogens is 5. The van der Waals surface area contributed by atoms with Gasteiger partial charge in [0.2, 0.25) is 0 Å². The average Bonchev–Trinajstić information content (AvgIpc) is 3.17. The van der Waals surface area contributed by atoms with Gasteiger partial charge in [0.15, 0.2) is 5.65 Å². The van der Waals surface area contributed by atoms with Gasteiger partial charge in [0.1, 0.15) is 22.2 Å². The van der Waals surface area contributed by atoms with Gasteiger partial charge < -0.3 is 0 Å². The molecule has 5 rings (SSSR count). The second kappa shape index (κ2) is 4.71. The molecular weight excluding hydrogens is 306 g/mol. The van der Waals surface area contributed by atoms with Crippen LogP contribution in [-0.4, -0.2) is 24.6 Å². The van der Waals surface area contributed by atoms with Crippen LogP contribution in [0.25, 0.3) is 26.1 Å². The van der Waals surface area contributed by atoms with E-state index in [9.17, 15) is 0 Å². The molecule has 0 radical (unpaired) electrons. The third-order valence-electron chi connectivity index (χ3n) is 4.78. The van der Waals surface area contributed by atoms with Crippen LogP contribution < -0.4 is 0 Å². The van der Waals surface area contributed by atoms with E-state index in [0.717, 1.165) is 33.5 Å². The Morgan fingerprint density at radius 1 is 1.13 bits per heavy atom. The lowest BCUT2D eigenvalue weighted by molar-refractivity contribution is 0.667. The zero-order valence-corrected chi connectivity index (χ0v) is 14.0. The monoisotopic (exact) mass is 323 g/mol. The predicted molar refractivity (Wildman–Crippen MR) is 92.2 cm³/mol. The molecule has 0 unspecified atom stereocenters. The Bertz CT molecular complexity index is 1060. The van der Waals surface area contributed by atoms with Crippen molar-refractivity contribution in [3.05, 3.63) is 29.5 Å². The van der Waals surface area contributed by atoms with Crippen molar-refractivity contribution in [1.82, 2.24) is 24.6 Å². The molecule has 0 aromatic carbocycles. The maximum absolute atomic E-state index is 5.04.